The van der Waals surface area contributed by atoms with Crippen LogP contribution in [0.3, 0.4) is 0 Å². The minimum Gasteiger partial charge on any atom is -0.340 e. The van der Waals surface area contributed by atoms with Gasteiger partial charge in [-0.25, -0.2) is 0 Å². The van der Waals surface area contributed by atoms with Crippen LogP contribution in [0.25, 0.3) is 94.7 Å². The van der Waals surface area contributed by atoms with Gasteiger partial charge in [0, 0.05) is 107 Å². The molecule has 0 aliphatic carbocycles. The predicted molar refractivity (Wildman–Crippen MR) is 335 cm³/mol. The van der Waals surface area contributed by atoms with Gasteiger partial charge in [0.25, 0.3) is 0 Å². The average molecular weight is 1070 g/mol. The number of benzene rings is 4. The third-order valence-corrected chi connectivity index (χ3v) is 20.5. The predicted octanol–water partition coefficient (Wildman–Crippen LogP) is 20.7. The average Bonchev–Trinajstić information content (AvgIpc) is 4.25. The standard InChI is InChI=1S/C68H70N4S4/c1-65(2,3)43-17-21-55-49(33-43)50-34-44(66(4,5)6)18-22-56(50)71(55)29-13-15-47-37-61-63(73-47)39-59(75-61)41-25-27-69-53(31-41)54-32-42(26-28-70-54)60-40-64-62(76-60)38-48(74-64)16-14-30-72-57-23-19-45(67(7,8)9)35-51(57)52-36-46(68(10,11)12)20-24-58(52)72/h17-28,31-40H,13-16,29-30H2,1-12H3. The Hall–Kier alpha value is -5.90. The lowest BCUT2D eigenvalue weighted by molar-refractivity contribution is 0.590. The molecule has 8 heterocycles. The molecule has 4 aromatic carbocycles. The molecule has 8 heteroatoms. The van der Waals surface area contributed by atoms with Crippen molar-refractivity contribution in [3.05, 3.63) is 166 Å². The fourth-order valence-electron chi connectivity index (χ4n) is 11.1. The van der Waals surface area contributed by atoms with Gasteiger partial charge in [0.05, 0.1) is 11.4 Å². The van der Waals surface area contributed by atoms with Crippen LogP contribution in [0.5, 0.6) is 0 Å². The van der Waals surface area contributed by atoms with E-state index in [1.165, 1.54) is 115 Å². The Kier molecular flexibility index (Phi) is 12.7. The number of pyridine rings is 2. The molecular weight excluding hydrogens is 1000 g/mol. The van der Waals surface area contributed by atoms with E-state index < -0.39 is 0 Å². The van der Waals surface area contributed by atoms with E-state index >= 15 is 0 Å². The molecule has 76 heavy (non-hydrogen) atoms. The lowest BCUT2D eigenvalue weighted by Gasteiger charge is -2.19. The molecule has 8 aromatic heterocycles. The molecule has 0 bridgehead atoms. The molecule has 0 aliphatic rings. The van der Waals surface area contributed by atoms with E-state index in [1.807, 2.05) is 57.7 Å². The van der Waals surface area contributed by atoms with Gasteiger partial charge < -0.3 is 9.13 Å². The lowest BCUT2D eigenvalue weighted by atomic mass is 9.85. The van der Waals surface area contributed by atoms with Gasteiger partial charge in [-0.05, 0) is 178 Å². The normalized spacial score (nSPS) is 13.1. The first-order chi connectivity index (χ1) is 36.1. The van der Waals surface area contributed by atoms with Crippen LogP contribution in [-0.2, 0) is 47.6 Å². The van der Waals surface area contributed by atoms with Crippen LogP contribution in [0.15, 0.2) is 134 Å². The third-order valence-electron chi connectivity index (χ3n) is 15.7. The van der Waals surface area contributed by atoms with E-state index in [1.54, 1.807) is 0 Å². The Balaban J connectivity index is 0.717. The number of hydrogen-bond acceptors (Lipinski definition) is 6. The number of rotatable bonds is 11. The summed E-state index contributed by atoms with van der Waals surface area (Å²) in [5.41, 5.74) is 15.5. The maximum Gasteiger partial charge on any atom is 0.0892 e. The third kappa shape index (κ3) is 9.67. The number of nitrogens with zero attached hydrogens (tertiary/aromatic N) is 4. The summed E-state index contributed by atoms with van der Waals surface area (Å²) in [4.78, 5) is 15.2. The molecule has 12 rings (SSSR count). The van der Waals surface area contributed by atoms with Gasteiger partial charge in [0.2, 0.25) is 0 Å². The zero-order valence-electron chi connectivity index (χ0n) is 46.4. The highest BCUT2D eigenvalue weighted by molar-refractivity contribution is 7.30. The Labute approximate surface area is 465 Å². The summed E-state index contributed by atoms with van der Waals surface area (Å²) >= 11 is 7.67. The molecule has 12 aromatic rings. The van der Waals surface area contributed by atoms with Gasteiger partial charge in [-0.15, -0.1) is 45.3 Å². The summed E-state index contributed by atoms with van der Waals surface area (Å²) < 4.78 is 10.6. The van der Waals surface area contributed by atoms with Gasteiger partial charge in [0.15, 0.2) is 0 Å². The Morgan fingerprint density at radius 1 is 0.355 bits per heavy atom. The highest BCUT2D eigenvalue weighted by Crippen LogP contribution is 2.43. The Bertz CT molecular complexity index is 3690. The van der Waals surface area contributed by atoms with E-state index in [4.69, 9.17) is 9.97 Å². The molecular formula is C68H70N4S4. The molecule has 0 fully saturated rings. The summed E-state index contributed by atoms with van der Waals surface area (Å²) in [6.07, 6.45) is 8.20. The van der Waals surface area contributed by atoms with Crippen molar-refractivity contribution in [2.75, 3.05) is 0 Å². The first-order valence-electron chi connectivity index (χ1n) is 27.2. The zero-order chi connectivity index (χ0) is 53.1. The van der Waals surface area contributed by atoms with Crippen LogP contribution in [-0.4, -0.2) is 19.1 Å². The smallest absolute Gasteiger partial charge is 0.0892 e. The monoisotopic (exact) mass is 1070 g/mol. The van der Waals surface area contributed by atoms with Gasteiger partial charge in [-0.2, -0.15) is 0 Å². The molecule has 0 saturated carbocycles. The van der Waals surface area contributed by atoms with Crippen LogP contribution >= 0.6 is 45.3 Å². The zero-order valence-corrected chi connectivity index (χ0v) is 49.6. The SMILES string of the molecule is CC(C)(C)c1ccc2c(c1)c1cc(C(C)(C)C)ccc1n2CCCc1cc2sc(-c3ccnc(-c4cc(-c5cc6sc(CCCn7c8ccc(C(C)(C)C)cc8c8cc(C(C)(C)C)ccc87)cc6s5)ccn4)c3)cc2s1. The fourth-order valence-corrected chi connectivity index (χ4v) is 16.0. The second kappa shape index (κ2) is 18.9. The topological polar surface area (TPSA) is 35.6 Å². The number of thiophene rings is 4. The molecule has 4 nitrogen and oxygen atoms in total. The molecule has 0 spiro atoms. The second-order valence-electron chi connectivity index (χ2n) is 25.4. The lowest BCUT2D eigenvalue weighted by Crippen LogP contribution is -2.10. The van der Waals surface area contributed by atoms with Crippen molar-refractivity contribution in [3.63, 3.8) is 0 Å². The van der Waals surface area contributed by atoms with Crippen molar-refractivity contribution < 1.29 is 0 Å². The molecule has 0 amide bonds. The highest BCUT2D eigenvalue weighted by atomic mass is 32.1. The minimum atomic E-state index is 0.0999. The fraction of sp³-hybridized carbons (Fsp3) is 0.324. The van der Waals surface area contributed by atoms with Crippen LogP contribution < -0.4 is 0 Å². The van der Waals surface area contributed by atoms with Crippen molar-refractivity contribution >= 4 is 108 Å². The second-order valence-corrected chi connectivity index (χ2v) is 29.9. The number of aromatic nitrogens is 4. The van der Waals surface area contributed by atoms with E-state index in [9.17, 15) is 0 Å². The summed E-state index contributed by atoms with van der Waals surface area (Å²) in [5.74, 6) is 0. The van der Waals surface area contributed by atoms with Crippen molar-refractivity contribution in [1.29, 1.82) is 0 Å². The number of fused-ring (bicyclic) bond motifs is 8. The highest BCUT2D eigenvalue weighted by Gasteiger charge is 2.23. The number of hydrogen-bond donors (Lipinski definition) is 0. The van der Waals surface area contributed by atoms with Gasteiger partial charge in [0.1, 0.15) is 0 Å². The Morgan fingerprint density at radius 3 is 0.974 bits per heavy atom. The maximum atomic E-state index is 4.85. The van der Waals surface area contributed by atoms with Crippen LogP contribution in [0.4, 0.5) is 0 Å². The summed E-state index contributed by atoms with van der Waals surface area (Å²) in [6.45, 7) is 29.7. The van der Waals surface area contributed by atoms with Crippen LogP contribution in [0.1, 0.15) is 128 Å². The molecule has 0 aliphatic heterocycles. The molecule has 0 saturated heterocycles. The van der Waals surface area contributed by atoms with Crippen LogP contribution in [0.2, 0.25) is 0 Å². The molecule has 0 radical (unpaired) electrons. The van der Waals surface area contributed by atoms with E-state index in [-0.39, 0.29) is 21.7 Å². The van der Waals surface area contributed by atoms with Gasteiger partial charge in [-0.1, -0.05) is 107 Å². The molecule has 386 valence electrons. The summed E-state index contributed by atoms with van der Waals surface area (Å²) in [7, 11) is 0. The van der Waals surface area contributed by atoms with Crippen molar-refractivity contribution in [2.45, 2.75) is 144 Å². The first-order valence-corrected chi connectivity index (χ1v) is 30.5. The molecule has 0 atom stereocenters. The largest absolute Gasteiger partial charge is 0.340 e. The van der Waals surface area contributed by atoms with Crippen molar-refractivity contribution in [1.82, 2.24) is 19.1 Å². The van der Waals surface area contributed by atoms with Crippen molar-refractivity contribution in [2.24, 2.45) is 0 Å². The summed E-state index contributed by atoms with van der Waals surface area (Å²) in [6, 6.07) is 47.0. The van der Waals surface area contributed by atoms with E-state index in [0.717, 1.165) is 50.2 Å². The molecule has 0 unspecified atom stereocenters. The van der Waals surface area contributed by atoms with Crippen molar-refractivity contribution in [3.8, 4) is 32.3 Å². The number of aryl methyl sites for hydroxylation is 4. The summed E-state index contributed by atoms with van der Waals surface area (Å²) in [5, 5.41) is 5.50. The van der Waals surface area contributed by atoms with Gasteiger partial charge >= 0.3 is 0 Å². The molecule has 0 N–H and O–H groups in total. The van der Waals surface area contributed by atoms with Gasteiger partial charge in [-0.3, -0.25) is 9.97 Å². The van der Waals surface area contributed by atoms with E-state index in [0.29, 0.717) is 0 Å². The quantitative estimate of drug-likeness (QED) is 0.129. The minimum absolute atomic E-state index is 0.0999. The van der Waals surface area contributed by atoms with Crippen LogP contribution in [0, 0.1) is 0 Å². The maximum absolute atomic E-state index is 4.85. The first kappa shape index (κ1) is 50.9. The Morgan fingerprint density at radius 2 is 0.671 bits per heavy atom. The van der Waals surface area contributed by atoms with E-state index in [2.05, 4.69) is 214 Å².